The molecule has 3 aliphatic heterocycles. The van der Waals surface area contributed by atoms with Crippen LogP contribution >= 0.6 is 11.3 Å². The lowest BCUT2D eigenvalue weighted by atomic mass is 9.95. The molecule has 0 aliphatic carbocycles. The molecule has 1 aromatic heterocycles. The lowest BCUT2D eigenvalue weighted by molar-refractivity contribution is 0.0593. The molecule has 1 amide bonds. The first-order valence-corrected chi connectivity index (χ1v) is 10.1. The predicted molar refractivity (Wildman–Crippen MR) is 90.8 cm³/mol. The first-order chi connectivity index (χ1) is 10.8. The van der Waals surface area contributed by atoms with Crippen molar-refractivity contribution in [3.05, 3.63) is 21.9 Å². The lowest BCUT2D eigenvalue weighted by Gasteiger charge is -2.35. The van der Waals surface area contributed by atoms with Crippen molar-refractivity contribution in [1.29, 1.82) is 0 Å². The zero-order valence-corrected chi connectivity index (χ0v) is 15.4. The topological polar surface area (TPSA) is 60.9 Å². The molecule has 3 aliphatic rings. The van der Waals surface area contributed by atoms with Crippen molar-refractivity contribution in [2.75, 3.05) is 33.7 Å². The van der Waals surface area contributed by atoms with E-state index in [-0.39, 0.29) is 17.9 Å². The van der Waals surface area contributed by atoms with E-state index in [0.717, 1.165) is 22.6 Å². The average molecular weight is 358 g/mol. The van der Waals surface area contributed by atoms with Gasteiger partial charge >= 0.3 is 0 Å². The summed E-state index contributed by atoms with van der Waals surface area (Å²) in [6.07, 6.45) is 1.86. The molecule has 0 unspecified atom stereocenters. The summed E-state index contributed by atoms with van der Waals surface area (Å²) in [5, 5.41) is 0. The highest BCUT2D eigenvalue weighted by atomic mass is 32.2. The second-order valence-corrected chi connectivity index (χ2v) is 10.0. The van der Waals surface area contributed by atoms with E-state index in [2.05, 4.69) is 0 Å². The maximum Gasteiger partial charge on any atom is 0.281 e. The van der Waals surface area contributed by atoms with Crippen molar-refractivity contribution in [2.45, 2.75) is 25.8 Å². The number of fused-ring (bicyclic) bond motifs is 4. The number of rotatable bonds is 3. The summed E-state index contributed by atoms with van der Waals surface area (Å²) in [5.41, 5.74) is 0. The van der Waals surface area contributed by atoms with Crippen LogP contribution in [0.3, 0.4) is 0 Å². The van der Waals surface area contributed by atoms with Gasteiger partial charge in [-0.1, -0.05) is 0 Å². The fourth-order valence-corrected chi connectivity index (χ4v) is 5.44. The molecule has 6 nitrogen and oxygen atoms in total. The van der Waals surface area contributed by atoms with Gasteiger partial charge in [0.05, 0.1) is 4.88 Å². The first-order valence-electron chi connectivity index (χ1n) is 7.84. The third kappa shape index (κ3) is 3.17. The van der Waals surface area contributed by atoms with Crippen LogP contribution in [0, 0.1) is 12.8 Å². The van der Waals surface area contributed by atoms with Gasteiger partial charge in [0, 0.05) is 44.6 Å². The number of carbonyl (C=O) groups excluding carboxylic acids is 1. The van der Waals surface area contributed by atoms with Gasteiger partial charge in [-0.25, -0.2) is 0 Å². The van der Waals surface area contributed by atoms with Crippen LogP contribution in [0.1, 0.15) is 27.4 Å². The highest BCUT2D eigenvalue weighted by molar-refractivity contribution is 7.86. The highest BCUT2D eigenvalue weighted by Crippen LogP contribution is 2.31. The summed E-state index contributed by atoms with van der Waals surface area (Å²) in [4.78, 5) is 16.6. The normalized spacial score (nSPS) is 25.8. The van der Waals surface area contributed by atoms with Crippen molar-refractivity contribution >= 4 is 27.5 Å². The van der Waals surface area contributed by atoms with Gasteiger partial charge in [-0.05, 0) is 37.8 Å². The molecule has 0 saturated carbocycles. The quantitative estimate of drug-likeness (QED) is 0.821. The van der Waals surface area contributed by atoms with Gasteiger partial charge in [-0.3, -0.25) is 4.79 Å². The van der Waals surface area contributed by atoms with Crippen LogP contribution in [0.2, 0.25) is 0 Å². The molecule has 1 aromatic rings. The van der Waals surface area contributed by atoms with Crippen LogP contribution < -0.4 is 0 Å². The largest absolute Gasteiger partial charge is 0.333 e. The zero-order chi connectivity index (χ0) is 16.8. The first kappa shape index (κ1) is 16.9. The van der Waals surface area contributed by atoms with E-state index in [9.17, 15) is 13.2 Å². The standard InChI is InChI=1S/C15H23N3O3S2/c1-11-4-7-14(22-11)15(19)18-9-12-5-6-13(18)10-17(8-12)23(20,21)16(2)3/h4,7,12-13H,5-6,8-10H2,1-3H3/t12-,13+/m0/s1. The van der Waals surface area contributed by atoms with Crippen LogP contribution in [0.15, 0.2) is 12.1 Å². The maximum absolute atomic E-state index is 12.8. The Morgan fingerprint density at radius 3 is 2.57 bits per heavy atom. The molecule has 2 atom stereocenters. The Labute approximate surface area is 141 Å². The molecule has 0 radical (unpaired) electrons. The second-order valence-electron chi connectivity index (χ2n) is 6.57. The summed E-state index contributed by atoms with van der Waals surface area (Å²) < 4.78 is 27.7. The molecular formula is C15H23N3O3S2. The summed E-state index contributed by atoms with van der Waals surface area (Å²) in [6.45, 7) is 3.54. The minimum atomic E-state index is -3.43. The molecule has 8 heteroatoms. The van der Waals surface area contributed by atoms with Crippen LogP contribution in [0.4, 0.5) is 0 Å². The Hall–Kier alpha value is -0.960. The van der Waals surface area contributed by atoms with E-state index in [0.29, 0.717) is 19.6 Å². The number of hydrogen-bond donors (Lipinski definition) is 0. The second kappa shape index (κ2) is 6.16. The van der Waals surface area contributed by atoms with E-state index >= 15 is 0 Å². The predicted octanol–water partition coefficient (Wildman–Crippen LogP) is 1.40. The van der Waals surface area contributed by atoms with Crippen molar-refractivity contribution in [2.24, 2.45) is 5.92 Å². The monoisotopic (exact) mass is 357 g/mol. The van der Waals surface area contributed by atoms with Gasteiger partial charge in [0.15, 0.2) is 0 Å². The minimum Gasteiger partial charge on any atom is -0.333 e. The van der Waals surface area contributed by atoms with Gasteiger partial charge in [-0.15, -0.1) is 11.3 Å². The molecule has 2 bridgehead atoms. The Balaban J connectivity index is 1.83. The van der Waals surface area contributed by atoms with Crippen LogP contribution in [0.25, 0.3) is 0 Å². The highest BCUT2D eigenvalue weighted by Gasteiger charge is 2.41. The number of hydrogen-bond acceptors (Lipinski definition) is 4. The molecule has 4 rings (SSSR count). The van der Waals surface area contributed by atoms with Gasteiger partial charge < -0.3 is 4.90 Å². The van der Waals surface area contributed by atoms with Crippen molar-refractivity contribution < 1.29 is 13.2 Å². The Kier molecular flexibility index (Phi) is 4.52. The smallest absolute Gasteiger partial charge is 0.281 e. The van der Waals surface area contributed by atoms with Crippen molar-refractivity contribution in [1.82, 2.24) is 13.5 Å². The van der Waals surface area contributed by atoms with Crippen LogP contribution in [-0.2, 0) is 10.2 Å². The Morgan fingerprint density at radius 1 is 1.22 bits per heavy atom. The van der Waals surface area contributed by atoms with Crippen LogP contribution in [-0.4, -0.2) is 67.6 Å². The lowest BCUT2D eigenvalue weighted by Crippen LogP contribution is -2.48. The molecule has 0 N–H and O–H groups in total. The Morgan fingerprint density at radius 2 is 1.96 bits per heavy atom. The number of aryl methyl sites for hydroxylation is 1. The van der Waals surface area contributed by atoms with E-state index in [4.69, 9.17) is 0 Å². The van der Waals surface area contributed by atoms with Crippen molar-refractivity contribution in [3.63, 3.8) is 0 Å². The molecule has 0 aromatic carbocycles. The summed E-state index contributed by atoms with van der Waals surface area (Å²) in [6, 6.07) is 3.80. The van der Waals surface area contributed by atoms with Gasteiger partial charge in [0.1, 0.15) is 0 Å². The molecule has 3 fully saturated rings. The summed E-state index contributed by atoms with van der Waals surface area (Å²) >= 11 is 1.50. The number of amides is 1. The van der Waals surface area contributed by atoms with E-state index in [1.54, 1.807) is 18.4 Å². The third-order valence-electron chi connectivity index (χ3n) is 4.68. The van der Waals surface area contributed by atoms with E-state index in [1.165, 1.54) is 15.6 Å². The average Bonchev–Trinajstić information content (AvgIpc) is 2.73. The molecule has 4 heterocycles. The summed E-state index contributed by atoms with van der Waals surface area (Å²) in [7, 11) is -0.317. The van der Waals surface area contributed by atoms with E-state index < -0.39 is 10.2 Å². The number of thiophene rings is 1. The Bertz CT molecular complexity index is 699. The van der Waals surface area contributed by atoms with Gasteiger partial charge in [-0.2, -0.15) is 17.0 Å². The van der Waals surface area contributed by atoms with Gasteiger partial charge in [0.2, 0.25) is 0 Å². The van der Waals surface area contributed by atoms with Crippen LogP contribution in [0.5, 0.6) is 0 Å². The number of piperidine rings is 1. The third-order valence-corrected chi connectivity index (χ3v) is 7.54. The molecule has 23 heavy (non-hydrogen) atoms. The SMILES string of the molecule is Cc1ccc(C(=O)N2C[C@H]3CC[C@@H]2CN(S(=O)(=O)N(C)C)C3)s1. The zero-order valence-electron chi connectivity index (χ0n) is 13.7. The molecule has 0 spiro atoms. The molecule has 3 saturated heterocycles. The van der Waals surface area contributed by atoms with Crippen molar-refractivity contribution in [3.8, 4) is 0 Å². The minimum absolute atomic E-state index is 0.0293. The fourth-order valence-electron chi connectivity index (χ4n) is 3.40. The molecular weight excluding hydrogens is 334 g/mol. The van der Waals surface area contributed by atoms with Gasteiger partial charge in [0.25, 0.3) is 16.1 Å². The number of carbonyl (C=O) groups is 1. The summed E-state index contributed by atoms with van der Waals surface area (Å²) in [5.74, 6) is 0.260. The van der Waals surface area contributed by atoms with E-state index in [1.807, 2.05) is 24.0 Å². The molecule has 128 valence electrons. The fraction of sp³-hybridized carbons (Fsp3) is 0.667. The number of nitrogens with zero attached hydrogens (tertiary/aromatic N) is 3. The maximum atomic E-state index is 12.8.